The van der Waals surface area contributed by atoms with Crippen molar-refractivity contribution in [3.8, 4) is 0 Å². The first-order chi connectivity index (χ1) is 10.1. The quantitative estimate of drug-likeness (QED) is 0.883. The van der Waals surface area contributed by atoms with E-state index in [4.69, 9.17) is 5.73 Å². The Morgan fingerprint density at radius 1 is 1.38 bits per heavy atom. The standard InChI is InChI=1S/C16H19FN2OS/c1-9-4-2-3-5-12(9)19-16(20)15-14(18)11-8-10(17)6-7-13(11)21-15/h6-9,12H,2-5,18H2,1H3,(H,19,20). The number of hydrogen-bond acceptors (Lipinski definition) is 3. The highest BCUT2D eigenvalue weighted by Gasteiger charge is 2.25. The normalized spacial score (nSPS) is 22.4. The fourth-order valence-electron chi connectivity index (χ4n) is 3.02. The van der Waals surface area contributed by atoms with Gasteiger partial charge in [-0.15, -0.1) is 11.3 Å². The van der Waals surface area contributed by atoms with E-state index in [2.05, 4.69) is 12.2 Å². The highest BCUT2D eigenvalue weighted by atomic mass is 32.1. The number of rotatable bonds is 2. The van der Waals surface area contributed by atoms with Gasteiger partial charge in [0.2, 0.25) is 0 Å². The largest absolute Gasteiger partial charge is 0.397 e. The summed E-state index contributed by atoms with van der Waals surface area (Å²) in [6.45, 7) is 2.17. The van der Waals surface area contributed by atoms with Gasteiger partial charge in [-0.05, 0) is 37.0 Å². The van der Waals surface area contributed by atoms with Gasteiger partial charge in [-0.2, -0.15) is 0 Å². The Labute approximate surface area is 127 Å². The molecule has 5 heteroatoms. The lowest BCUT2D eigenvalue weighted by Gasteiger charge is -2.29. The summed E-state index contributed by atoms with van der Waals surface area (Å²) < 4.78 is 14.1. The zero-order valence-electron chi connectivity index (χ0n) is 12.0. The van der Waals surface area contributed by atoms with Crippen LogP contribution >= 0.6 is 11.3 Å². The van der Waals surface area contributed by atoms with Crippen LogP contribution in [0.2, 0.25) is 0 Å². The smallest absolute Gasteiger partial charge is 0.263 e. The van der Waals surface area contributed by atoms with Crippen molar-refractivity contribution in [1.29, 1.82) is 0 Å². The summed E-state index contributed by atoms with van der Waals surface area (Å²) in [6, 6.07) is 4.67. The van der Waals surface area contributed by atoms with Crippen LogP contribution in [0.15, 0.2) is 18.2 Å². The van der Waals surface area contributed by atoms with Gasteiger partial charge in [0.05, 0.1) is 5.69 Å². The van der Waals surface area contributed by atoms with Crippen LogP contribution in [0, 0.1) is 11.7 Å². The molecule has 0 saturated heterocycles. The Balaban J connectivity index is 1.86. The first-order valence-corrected chi connectivity index (χ1v) is 8.16. The zero-order valence-corrected chi connectivity index (χ0v) is 12.8. The number of halogens is 1. The van der Waals surface area contributed by atoms with Crippen LogP contribution in [0.1, 0.15) is 42.3 Å². The molecule has 0 radical (unpaired) electrons. The summed E-state index contributed by atoms with van der Waals surface area (Å²) in [5.41, 5.74) is 6.42. The number of anilines is 1. The van der Waals surface area contributed by atoms with Crippen molar-refractivity contribution in [2.24, 2.45) is 5.92 Å². The van der Waals surface area contributed by atoms with Crippen LogP contribution in [0.3, 0.4) is 0 Å². The van der Waals surface area contributed by atoms with Crippen molar-refractivity contribution >= 4 is 33.0 Å². The third kappa shape index (κ3) is 2.75. The SMILES string of the molecule is CC1CCCCC1NC(=O)c1sc2ccc(F)cc2c1N. The second-order valence-electron chi connectivity index (χ2n) is 5.83. The highest BCUT2D eigenvalue weighted by Crippen LogP contribution is 2.34. The van der Waals surface area contributed by atoms with E-state index in [0.717, 1.165) is 24.0 Å². The van der Waals surface area contributed by atoms with Gasteiger partial charge in [0.25, 0.3) is 5.91 Å². The maximum Gasteiger partial charge on any atom is 0.263 e. The van der Waals surface area contributed by atoms with Crippen molar-refractivity contribution in [3.63, 3.8) is 0 Å². The molecule has 1 fully saturated rings. The number of benzene rings is 1. The minimum Gasteiger partial charge on any atom is -0.397 e. The predicted molar refractivity (Wildman–Crippen MR) is 85.1 cm³/mol. The average Bonchev–Trinajstić information content (AvgIpc) is 2.79. The topological polar surface area (TPSA) is 55.1 Å². The Kier molecular flexibility index (Phi) is 3.85. The van der Waals surface area contributed by atoms with Gasteiger partial charge in [0, 0.05) is 16.1 Å². The molecule has 1 aliphatic carbocycles. The van der Waals surface area contributed by atoms with Gasteiger partial charge in [0.15, 0.2) is 0 Å². The predicted octanol–water partition coefficient (Wildman–Crippen LogP) is 3.93. The monoisotopic (exact) mass is 306 g/mol. The van der Waals surface area contributed by atoms with Gasteiger partial charge < -0.3 is 11.1 Å². The number of carbonyl (C=O) groups excluding carboxylic acids is 1. The molecule has 1 amide bonds. The van der Waals surface area contributed by atoms with Crippen molar-refractivity contribution < 1.29 is 9.18 Å². The fraction of sp³-hybridized carbons (Fsp3) is 0.438. The van der Waals surface area contributed by atoms with Crippen LogP contribution in [0.4, 0.5) is 10.1 Å². The minimum atomic E-state index is -0.333. The van der Waals surface area contributed by atoms with E-state index in [1.807, 2.05) is 0 Å². The second kappa shape index (κ2) is 5.64. The number of hydrogen-bond donors (Lipinski definition) is 2. The Morgan fingerprint density at radius 2 is 2.14 bits per heavy atom. The molecular weight excluding hydrogens is 287 g/mol. The summed E-state index contributed by atoms with van der Waals surface area (Å²) in [5, 5.41) is 3.73. The number of nitrogens with one attached hydrogen (secondary N) is 1. The summed E-state index contributed by atoms with van der Waals surface area (Å²) >= 11 is 1.33. The van der Waals surface area contributed by atoms with E-state index in [9.17, 15) is 9.18 Å². The average molecular weight is 306 g/mol. The van der Waals surface area contributed by atoms with Crippen molar-refractivity contribution in [3.05, 3.63) is 28.9 Å². The summed E-state index contributed by atoms with van der Waals surface area (Å²) in [4.78, 5) is 13.0. The molecule has 3 rings (SSSR count). The third-order valence-electron chi connectivity index (χ3n) is 4.32. The lowest BCUT2D eigenvalue weighted by molar-refractivity contribution is 0.0915. The summed E-state index contributed by atoms with van der Waals surface area (Å²) in [5.74, 6) is 0.0310. The van der Waals surface area contributed by atoms with E-state index < -0.39 is 0 Å². The van der Waals surface area contributed by atoms with Crippen LogP contribution in [-0.4, -0.2) is 11.9 Å². The van der Waals surface area contributed by atoms with Crippen LogP contribution in [-0.2, 0) is 0 Å². The molecule has 21 heavy (non-hydrogen) atoms. The number of thiophene rings is 1. The van der Waals surface area contributed by atoms with Gasteiger partial charge in [-0.3, -0.25) is 4.79 Å². The number of carbonyl (C=O) groups is 1. The summed E-state index contributed by atoms with van der Waals surface area (Å²) in [7, 11) is 0. The summed E-state index contributed by atoms with van der Waals surface area (Å²) in [6.07, 6.45) is 4.56. The van der Waals surface area contributed by atoms with E-state index in [0.29, 0.717) is 21.9 Å². The van der Waals surface area contributed by atoms with E-state index in [1.54, 1.807) is 6.07 Å². The van der Waals surface area contributed by atoms with Gasteiger partial charge >= 0.3 is 0 Å². The van der Waals surface area contributed by atoms with Gasteiger partial charge in [-0.25, -0.2) is 4.39 Å². The molecule has 2 unspecified atom stereocenters. The van der Waals surface area contributed by atoms with Crippen LogP contribution < -0.4 is 11.1 Å². The van der Waals surface area contributed by atoms with E-state index in [-0.39, 0.29) is 17.8 Å². The molecule has 0 spiro atoms. The van der Waals surface area contributed by atoms with Gasteiger partial charge in [0.1, 0.15) is 10.7 Å². The third-order valence-corrected chi connectivity index (χ3v) is 5.51. The molecule has 2 aromatic rings. The Bertz CT molecular complexity index is 682. The Hall–Kier alpha value is -1.62. The number of amides is 1. The Morgan fingerprint density at radius 3 is 2.90 bits per heavy atom. The zero-order chi connectivity index (χ0) is 15.0. The number of fused-ring (bicyclic) bond motifs is 1. The molecule has 1 aromatic carbocycles. The maximum absolute atomic E-state index is 13.3. The lowest BCUT2D eigenvalue weighted by Crippen LogP contribution is -2.40. The van der Waals surface area contributed by atoms with E-state index >= 15 is 0 Å². The molecule has 1 saturated carbocycles. The van der Waals surface area contributed by atoms with Gasteiger partial charge in [-0.1, -0.05) is 19.8 Å². The lowest BCUT2D eigenvalue weighted by atomic mass is 9.86. The van der Waals surface area contributed by atoms with Crippen molar-refractivity contribution in [2.75, 3.05) is 5.73 Å². The van der Waals surface area contributed by atoms with E-state index in [1.165, 1.54) is 29.9 Å². The fourth-order valence-corrected chi connectivity index (χ4v) is 4.03. The van der Waals surface area contributed by atoms with Crippen molar-refractivity contribution in [2.45, 2.75) is 38.6 Å². The molecule has 2 atom stereocenters. The maximum atomic E-state index is 13.3. The minimum absolute atomic E-state index is 0.132. The molecule has 112 valence electrons. The molecular formula is C16H19FN2OS. The first-order valence-electron chi connectivity index (χ1n) is 7.34. The number of nitrogen functional groups attached to an aromatic ring is 1. The van der Waals surface area contributed by atoms with Crippen molar-refractivity contribution in [1.82, 2.24) is 5.32 Å². The first kappa shape index (κ1) is 14.3. The molecule has 0 aliphatic heterocycles. The molecule has 3 nitrogen and oxygen atoms in total. The molecule has 1 heterocycles. The van der Waals surface area contributed by atoms with Crippen LogP contribution in [0.5, 0.6) is 0 Å². The molecule has 3 N–H and O–H groups in total. The molecule has 0 bridgehead atoms. The molecule has 1 aliphatic rings. The van der Waals surface area contributed by atoms with Crippen LogP contribution in [0.25, 0.3) is 10.1 Å². The highest BCUT2D eigenvalue weighted by molar-refractivity contribution is 7.21. The molecule has 1 aromatic heterocycles. The number of nitrogens with two attached hydrogens (primary N) is 1. The second-order valence-corrected chi connectivity index (χ2v) is 6.88.